The molecule has 3 heteroatoms. The topological polar surface area (TPSA) is 49.3 Å². The minimum Gasteiger partial charge on any atom is -0.506 e. The van der Waals surface area contributed by atoms with Gasteiger partial charge in [-0.05, 0) is 18.2 Å². The maximum absolute atomic E-state index is 11.3. The summed E-state index contributed by atoms with van der Waals surface area (Å²) in [5.74, 6) is 0.242. The first-order valence-electron chi connectivity index (χ1n) is 4.23. The molecule has 0 spiro atoms. The Labute approximate surface area is 77.4 Å². The second-order valence-electron chi connectivity index (χ2n) is 2.76. The van der Waals surface area contributed by atoms with Crippen LogP contribution < -0.4 is 5.32 Å². The van der Waals surface area contributed by atoms with Crippen LogP contribution in [0, 0.1) is 0 Å². The Kier molecular flexibility index (Phi) is 2.90. The highest BCUT2D eigenvalue weighted by atomic mass is 16.3. The van der Waals surface area contributed by atoms with E-state index in [9.17, 15) is 9.90 Å². The molecule has 3 nitrogen and oxygen atoms in total. The van der Waals surface area contributed by atoms with Crippen molar-refractivity contribution in [2.45, 2.75) is 13.3 Å². The quantitative estimate of drug-likeness (QED) is 0.551. The molecule has 0 amide bonds. The fraction of sp³-hybridized carbons (Fsp3) is 0.300. The molecule has 70 valence electrons. The monoisotopic (exact) mass is 179 g/mol. The molecule has 0 aliphatic carbocycles. The number of benzene rings is 1. The molecule has 0 aliphatic rings. The van der Waals surface area contributed by atoms with Gasteiger partial charge in [0.1, 0.15) is 5.75 Å². The normalized spacial score (nSPS) is 9.69. The highest BCUT2D eigenvalue weighted by molar-refractivity contribution is 5.97. The first-order chi connectivity index (χ1) is 6.19. The number of ketones is 1. The van der Waals surface area contributed by atoms with Gasteiger partial charge in [0, 0.05) is 19.0 Å². The van der Waals surface area contributed by atoms with Crippen LogP contribution in [0.3, 0.4) is 0 Å². The summed E-state index contributed by atoms with van der Waals surface area (Å²) in [6.45, 7) is 1.81. The average Bonchev–Trinajstić information content (AvgIpc) is 2.17. The van der Waals surface area contributed by atoms with Crippen molar-refractivity contribution in [1.82, 2.24) is 0 Å². The van der Waals surface area contributed by atoms with Gasteiger partial charge < -0.3 is 10.4 Å². The lowest BCUT2D eigenvalue weighted by Gasteiger charge is -2.05. The molecule has 1 aromatic rings. The van der Waals surface area contributed by atoms with Gasteiger partial charge in [0.25, 0.3) is 0 Å². The van der Waals surface area contributed by atoms with Crippen molar-refractivity contribution in [2.75, 3.05) is 12.4 Å². The van der Waals surface area contributed by atoms with Crippen LogP contribution in [0.25, 0.3) is 0 Å². The van der Waals surface area contributed by atoms with Crippen molar-refractivity contribution >= 4 is 11.5 Å². The van der Waals surface area contributed by atoms with E-state index in [2.05, 4.69) is 5.32 Å². The van der Waals surface area contributed by atoms with Crippen LogP contribution in [0.2, 0.25) is 0 Å². The zero-order chi connectivity index (χ0) is 9.84. The van der Waals surface area contributed by atoms with Gasteiger partial charge in [0.15, 0.2) is 5.78 Å². The molecule has 0 unspecified atom stereocenters. The van der Waals surface area contributed by atoms with Gasteiger partial charge in [-0.2, -0.15) is 0 Å². The summed E-state index contributed by atoms with van der Waals surface area (Å²) in [6.07, 6.45) is 0.480. The molecular weight excluding hydrogens is 166 g/mol. The van der Waals surface area contributed by atoms with E-state index in [1.165, 1.54) is 6.07 Å². The SMILES string of the molecule is CCC(=O)c1ccc(O)c(NC)c1. The van der Waals surface area contributed by atoms with Crippen LogP contribution >= 0.6 is 0 Å². The Bertz CT molecular complexity index is 321. The van der Waals surface area contributed by atoms with Gasteiger partial charge in [-0.3, -0.25) is 4.79 Å². The number of anilines is 1. The van der Waals surface area contributed by atoms with Gasteiger partial charge in [-0.15, -0.1) is 0 Å². The van der Waals surface area contributed by atoms with Crippen LogP contribution in [0.4, 0.5) is 5.69 Å². The lowest BCUT2D eigenvalue weighted by molar-refractivity contribution is 0.0988. The molecule has 1 aromatic carbocycles. The van der Waals surface area contributed by atoms with Crippen LogP contribution in [-0.4, -0.2) is 17.9 Å². The molecular formula is C10H13NO2. The number of nitrogens with one attached hydrogen (secondary N) is 1. The molecule has 0 saturated heterocycles. The summed E-state index contributed by atoms with van der Waals surface area (Å²) in [5.41, 5.74) is 1.21. The van der Waals surface area contributed by atoms with E-state index < -0.39 is 0 Å². The molecule has 1 rings (SSSR count). The van der Waals surface area contributed by atoms with Crippen LogP contribution in [0.5, 0.6) is 5.75 Å². The number of phenolic OH excluding ortho intramolecular Hbond substituents is 1. The fourth-order valence-electron chi connectivity index (χ4n) is 1.11. The van der Waals surface area contributed by atoms with Crippen molar-refractivity contribution in [3.8, 4) is 5.75 Å². The molecule has 0 fully saturated rings. The van der Waals surface area contributed by atoms with Crippen molar-refractivity contribution in [3.05, 3.63) is 23.8 Å². The van der Waals surface area contributed by atoms with Gasteiger partial charge in [0.2, 0.25) is 0 Å². The van der Waals surface area contributed by atoms with E-state index in [4.69, 9.17) is 0 Å². The number of rotatable bonds is 3. The Balaban J connectivity index is 3.06. The fourth-order valence-corrected chi connectivity index (χ4v) is 1.11. The maximum Gasteiger partial charge on any atom is 0.162 e. The number of hydrogen-bond donors (Lipinski definition) is 2. The lowest BCUT2D eigenvalue weighted by atomic mass is 10.1. The minimum absolute atomic E-state index is 0.0801. The third-order valence-corrected chi connectivity index (χ3v) is 1.91. The van der Waals surface area contributed by atoms with E-state index in [0.717, 1.165) is 0 Å². The predicted molar refractivity (Wildman–Crippen MR) is 52.3 cm³/mol. The zero-order valence-corrected chi connectivity index (χ0v) is 7.79. The zero-order valence-electron chi connectivity index (χ0n) is 7.79. The van der Waals surface area contributed by atoms with E-state index in [1.54, 1.807) is 19.2 Å². The molecule has 0 aliphatic heterocycles. The average molecular weight is 179 g/mol. The highest BCUT2D eigenvalue weighted by Gasteiger charge is 2.05. The Morgan fingerprint density at radius 1 is 1.54 bits per heavy atom. The molecule has 0 radical (unpaired) electrons. The van der Waals surface area contributed by atoms with Crippen molar-refractivity contribution in [3.63, 3.8) is 0 Å². The maximum atomic E-state index is 11.3. The molecule has 2 N–H and O–H groups in total. The summed E-state index contributed by atoms with van der Waals surface area (Å²) >= 11 is 0. The molecule has 0 heterocycles. The molecule has 0 atom stereocenters. The molecule has 0 aromatic heterocycles. The molecule has 13 heavy (non-hydrogen) atoms. The van der Waals surface area contributed by atoms with E-state index in [0.29, 0.717) is 17.7 Å². The highest BCUT2D eigenvalue weighted by Crippen LogP contribution is 2.23. The molecule has 0 saturated carbocycles. The van der Waals surface area contributed by atoms with Crippen molar-refractivity contribution < 1.29 is 9.90 Å². The second kappa shape index (κ2) is 3.94. The molecule has 0 bridgehead atoms. The van der Waals surface area contributed by atoms with Gasteiger partial charge in [-0.1, -0.05) is 6.92 Å². The van der Waals surface area contributed by atoms with Crippen LogP contribution in [0.1, 0.15) is 23.7 Å². The summed E-state index contributed by atoms with van der Waals surface area (Å²) < 4.78 is 0. The summed E-state index contributed by atoms with van der Waals surface area (Å²) in [7, 11) is 1.70. The third kappa shape index (κ3) is 1.99. The Hall–Kier alpha value is -1.51. The number of Topliss-reactive ketones (excluding diaryl/α,β-unsaturated/α-hetero) is 1. The van der Waals surface area contributed by atoms with E-state index in [1.807, 2.05) is 6.92 Å². The summed E-state index contributed by atoms with van der Waals surface area (Å²) in [4.78, 5) is 11.3. The van der Waals surface area contributed by atoms with Gasteiger partial charge in [-0.25, -0.2) is 0 Å². The number of phenols is 1. The minimum atomic E-state index is 0.0801. The number of aromatic hydroxyl groups is 1. The van der Waals surface area contributed by atoms with Crippen LogP contribution in [0.15, 0.2) is 18.2 Å². The Morgan fingerprint density at radius 3 is 2.77 bits per heavy atom. The van der Waals surface area contributed by atoms with E-state index >= 15 is 0 Å². The van der Waals surface area contributed by atoms with Crippen molar-refractivity contribution in [2.24, 2.45) is 0 Å². The predicted octanol–water partition coefficient (Wildman–Crippen LogP) is 2.03. The summed E-state index contributed by atoms with van der Waals surface area (Å²) in [6, 6.07) is 4.80. The smallest absolute Gasteiger partial charge is 0.162 e. The van der Waals surface area contributed by atoms with Gasteiger partial charge >= 0.3 is 0 Å². The first-order valence-corrected chi connectivity index (χ1v) is 4.23. The number of carbonyl (C=O) groups is 1. The second-order valence-corrected chi connectivity index (χ2v) is 2.76. The first kappa shape index (κ1) is 9.58. The number of carbonyl (C=O) groups excluding carboxylic acids is 1. The van der Waals surface area contributed by atoms with E-state index in [-0.39, 0.29) is 11.5 Å². The Morgan fingerprint density at radius 2 is 2.23 bits per heavy atom. The number of hydrogen-bond acceptors (Lipinski definition) is 3. The summed E-state index contributed by atoms with van der Waals surface area (Å²) in [5, 5.41) is 12.1. The van der Waals surface area contributed by atoms with Crippen molar-refractivity contribution in [1.29, 1.82) is 0 Å². The lowest BCUT2D eigenvalue weighted by Crippen LogP contribution is -1.98. The standard InChI is InChI=1S/C10H13NO2/c1-3-9(12)7-4-5-10(13)8(6-7)11-2/h4-6,11,13H,3H2,1-2H3. The van der Waals surface area contributed by atoms with Crippen LogP contribution in [-0.2, 0) is 0 Å². The van der Waals surface area contributed by atoms with Gasteiger partial charge in [0.05, 0.1) is 5.69 Å². The largest absolute Gasteiger partial charge is 0.506 e. The third-order valence-electron chi connectivity index (χ3n) is 1.91.